The quantitative estimate of drug-likeness (QED) is 0.229. The molecule has 0 saturated heterocycles. The van der Waals surface area contributed by atoms with Crippen molar-refractivity contribution in [2.75, 3.05) is 6.61 Å². The monoisotopic (exact) mass is 558 g/mol. The van der Waals surface area contributed by atoms with E-state index >= 15 is 0 Å². The van der Waals surface area contributed by atoms with Gasteiger partial charge in [-0.2, -0.15) is 0 Å². The molecule has 0 bridgehead atoms. The highest BCUT2D eigenvalue weighted by Gasteiger charge is 2.17. The number of carbonyl (C=O) groups excluding carboxylic acids is 1. The molecular weight excluding hydrogens is 532 g/mol. The largest absolute Gasteiger partial charge is 0.386 e. The minimum Gasteiger partial charge on any atom is -0.386 e. The van der Waals surface area contributed by atoms with Gasteiger partial charge in [-0.15, -0.1) is 11.3 Å². The summed E-state index contributed by atoms with van der Waals surface area (Å²) in [4.78, 5) is 27.5. The summed E-state index contributed by atoms with van der Waals surface area (Å²) in [7, 11) is 1.81. The number of fused-ring (bicyclic) bond motifs is 1. The van der Waals surface area contributed by atoms with Crippen molar-refractivity contribution in [1.82, 2.24) is 9.88 Å². The Bertz CT molecular complexity index is 1650. The molecule has 2 aromatic heterocycles. The number of nitrogens with one attached hydrogen (secondary N) is 1. The number of rotatable bonds is 9. The van der Waals surface area contributed by atoms with Gasteiger partial charge < -0.3 is 19.7 Å². The summed E-state index contributed by atoms with van der Waals surface area (Å²) in [5, 5.41) is 14.5. The number of aryl methyl sites for hydroxylation is 1. The van der Waals surface area contributed by atoms with Crippen LogP contribution in [-0.4, -0.2) is 22.2 Å². The lowest BCUT2D eigenvalue weighted by atomic mass is 10.0. The number of aromatic nitrogens is 1. The smallest absolute Gasteiger partial charge is 0.257 e. The van der Waals surface area contributed by atoms with Gasteiger partial charge in [0.25, 0.3) is 5.91 Å². The molecule has 198 valence electrons. The lowest BCUT2D eigenvalue weighted by Gasteiger charge is -2.12. The maximum absolute atomic E-state index is 13.1. The van der Waals surface area contributed by atoms with Gasteiger partial charge in [0, 0.05) is 29.7 Å². The molecule has 0 spiro atoms. The molecule has 3 aromatic carbocycles. The predicted molar refractivity (Wildman–Crippen MR) is 156 cm³/mol. The van der Waals surface area contributed by atoms with Crippen LogP contribution in [-0.2, 0) is 24.9 Å². The van der Waals surface area contributed by atoms with Crippen LogP contribution in [0.1, 0.15) is 32.5 Å². The van der Waals surface area contributed by atoms with Crippen molar-refractivity contribution >= 4 is 39.1 Å². The van der Waals surface area contributed by atoms with E-state index in [1.54, 1.807) is 29.0 Å². The van der Waals surface area contributed by atoms with Gasteiger partial charge in [-0.25, -0.2) is 0 Å². The first-order valence-corrected chi connectivity index (χ1v) is 13.6. The van der Waals surface area contributed by atoms with Gasteiger partial charge >= 0.3 is 0 Å². The fraction of sp³-hybridized carbons (Fsp3) is 0.161. The summed E-state index contributed by atoms with van der Waals surface area (Å²) in [6.45, 7) is 0.654. The van der Waals surface area contributed by atoms with Crippen LogP contribution in [0.5, 0.6) is 0 Å². The first-order chi connectivity index (χ1) is 18.9. The van der Waals surface area contributed by atoms with Crippen molar-refractivity contribution in [3.05, 3.63) is 128 Å². The summed E-state index contributed by atoms with van der Waals surface area (Å²) in [6, 6.07) is 26.8. The Morgan fingerprint density at radius 3 is 2.44 bits per heavy atom. The van der Waals surface area contributed by atoms with Crippen molar-refractivity contribution in [1.29, 1.82) is 0 Å². The minimum atomic E-state index is -0.772. The molecule has 2 N–H and O–H groups in total. The Morgan fingerprint density at radius 2 is 1.72 bits per heavy atom. The average Bonchev–Trinajstić information content (AvgIpc) is 3.40. The number of benzene rings is 3. The Morgan fingerprint density at radius 1 is 1.03 bits per heavy atom. The van der Waals surface area contributed by atoms with Crippen molar-refractivity contribution < 1.29 is 14.6 Å². The fourth-order valence-electron chi connectivity index (χ4n) is 4.32. The molecule has 5 rings (SSSR count). The van der Waals surface area contributed by atoms with E-state index in [-0.39, 0.29) is 30.8 Å². The number of amides is 1. The van der Waals surface area contributed by atoms with Gasteiger partial charge in [-0.05, 0) is 40.5 Å². The molecule has 0 radical (unpaired) electrons. The van der Waals surface area contributed by atoms with Crippen LogP contribution < -0.4 is 10.7 Å². The Balaban J connectivity index is 1.21. The second kappa shape index (κ2) is 12.0. The number of thiophene rings is 1. The van der Waals surface area contributed by atoms with E-state index in [0.29, 0.717) is 10.4 Å². The molecule has 8 heteroatoms. The molecule has 2 heterocycles. The Kier molecular flexibility index (Phi) is 8.24. The molecule has 0 aliphatic carbocycles. The zero-order valence-electron chi connectivity index (χ0n) is 21.3. The van der Waals surface area contributed by atoms with Crippen LogP contribution in [0.25, 0.3) is 21.3 Å². The van der Waals surface area contributed by atoms with E-state index in [4.69, 9.17) is 16.3 Å². The van der Waals surface area contributed by atoms with E-state index in [2.05, 4.69) is 5.32 Å². The molecule has 0 unspecified atom stereocenters. The second-order valence-electron chi connectivity index (χ2n) is 9.24. The van der Waals surface area contributed by atoms with E-state index < -0.39 is 12.0 Å². The first kappa shape index (κ1) is 26.8. The Labute approximate surface area is 235 Å². The third kappa shape index (κ3) is 6.29. The maximum Gasteiger partial charge on any atom is 0.257 e. The molecule has 0 saturated carbocycles. The lowest BCUT2D eigenvalue weighted by Crippen LogP contribution is -2.29. The van der Waals surface area contributed by atoms with E-state index in [0.717, 1.165) is 32.0 Å². The highest BCUT2D eigenvalue weighted by atomic mass is 35.5. The van der Waals surface area contributed by atoms with Gasteiger partial charge in [-0.1, -0.05) is 78.3 Å². The number of hydrogen-bond donors (Lipinski definition) is 2. The molecular formula is C31H27ClN2O4S. The zero-order valence-corrected chi connectivity index (χ0v) is 22.8. The number of halogens is 1. The van der Waals surface area contributed by atoms with Crippen molar-refractivity contribution in [2.45, 2.75) is 19.3 Å². The van der Waals surface area contributed by atoms with Crippen LogP contribution in [0.3, 0.4) is 0 Å². The molecule has 0 fully saturated rings. The highest BCUT2D eigenvalue weighted by Crippen LogP contribution is 2.26. The summed E-state index contributed by atoms with van der Waals surface area (Å²) >= 11 is 7.34. The van der Waals surface area contributed by atoms with Gasteiger partial charge in [0.1, 0.15) is 16.5 Å². The maximum atomic E-state index is 13.1. The van der Waals surface area contributed by atoms with Crippen molar-refractivity contribution in [2.24, 2.45) is 7.05 Å². The van der Waals surface area contributed by atoms with Crippen LogP contribution in [0.15, 0.2) is 95.9 Å². The Hall–Kier alpha value is -3.75. The predicted octanol–water partition coefficient (Wildman–Crippen LogP) is 6.10. The number of carbonyl (C=O) groups is 1. The highest BCUT2D eigenvalue weighted by molar-refractivity contribution is 7.18. The first-order valence-electron chi connectivity index (χ1n) is 12.4. The van der Waals surface area contributed by atoms with Crippen LogP contribution in [0.4, 0.5) is 0 Å². The number of ether oxygens (including phenoxy) is 1. The number of nitrogens with zero attached hydrogens (tertiary/aromatic N) is 1. The van der Waals surface area contributed by atoms with Crippen LogP contribution in [0.2, 0.25) is 5.02 Å². The normalized spacial score (nSPS) is 12.0. The molecule has 6 nitrogen and oxygen atoms in total. The van der Waals surface area contributed by atoms with Gasteiger partial charge in [0.15, 0.2) is 0 Å². The van der Waals surface area contributed by atoms with Gasteiger partial charge in [-0.3, -0.25) is 9.59 Å². The molecule has 1 atom stereocenters. The van der Waals surface area contributed by atoms with Crippen molar-refractivity contribution in [3.8, 4) is 11.1 Å². The summed E-state index contributed by atoms with van der Waals surface area (Å²) in [5.41, 5.74) is 3.62. The zero-order chi connectivity index (χ0) is 27.4. The second-order valence-corrected chi connectivity index (χ2v) is 10.8. The topological polar surface area (TPSA) is 80.6 Å². The third-order valence-electron chi connectivity index (χ3n) is 6.43. The minimum absolute atomic E-state index is 0.0820. The molecule has 0 aliphatic rings. The lowest BCUT2D eigenvalue weighted by molar-refractivity contribution is 0.0287. The molecule has 39 heavy (non-hydrogen) atoms. The molecule has 1 amide bonds. The number of pyridine rings is 1. The standard InChI is InChI=1S/C31H27ClN2O4S/c1-34-17-27(30(37)33-16-20-7-13-24(32)14-8-20)29(36)26-15-25(39-31(26)34)18-38-19-28(35)23-11-9-22(10-12-23)21-5-3-2-4-6-21/h2-15,17,28,35H,16,18-19H2,1H3,(H,33,37)/t28-/m1/s1. The van der Waals surface area contributed by atoms with E-state index in [1.165, 1.54) is 11.3 Å². The number of hydrogen-bond acceptors (Lipinski definition) is 5. The number of aliphatic hydroxyl groups is 1. The fourth-order valence-corrected chi connectivity index (χ4v) is 5.47. The van der Waals surface area contributed by atoms with E-state index in [9.17, 15) is 14.7 Å². The summed E-state index contributed by atoms with van der Waals surface area (Å²) in [5.74, 6) is -0.433. The SMILES string of the molecule is Cn1cc(C(=O)NCc2ccc(Cl)cc2)c(=O)c2cc(COC[C@@H](O)c3ccc(-c4ccccc4)cc3)sc21. The molecule has 0 aliphatic heterocycles. The van der Waals surface area contributed by atoms with Crippen molar-refractivity contribution in [3.63, 3.8) is 0 Å². The van der Waals surface area contributed by atoms with Crippen LogP contribution >= 0.6 is 22.9 Å². The molecule has 5 aromatic rings. The summed E-state index contributed by atoms with van der Waals surface area (Å²) in [6.07, 6.45) is 0.789. The van der Waals surface area contributed by atoms with Gasteiger partial charge in [0.05, 0.1) is 18.6 Å². The van der Waals surface area contributed by atoms with Crippen LogP contribution in [0, 0.1) is 0 Å². The number of aliphatic hydroxyl groups excluding tert-OH is 1. The summed E-state index contributed by atoms with van der Waals surface area (Å²) < 4.78 is 7.58. The third-order valence-corrected chi connectivity index (χ3v) is 7.88. The van der Waals surface area contributed by atoms with Gasteiger partial charge in [0.2, 0.25) is 5.43 Å². The van der Waals surface area contributed by atoms with E-state index in [1.807, 2.05) is 73.8 Å². The average molecular weight is 559 g/mol.